The average Bonchev–Trinajstić information content (AvgIpc) is 2.21. The highest BCUT2D eigenvalue weighted by molar-refractivity contribution is 5.26. The van der Waals surface area contributed by atoms with Gasteiger partial charge in [-0.2, -0.15) is 0 Å². The summed E-state index contributed by atoms with van der Waals surface area (Å²) in [5.41, 5.74) is 2.86. The molecule has 0 heteroatoms. The van der Waals surface area contributed by atoms with Crippen molar-refractivity contribution < 1.29 is 0 Å². The van der Waals surface area contributed by atoms with Crippen molar-refractivity contribution in [2.24, 2.45) is 0 Å². The zero-order chi connectivity index (χ0) is 11.1. The van der Waals surface area contributed by atoms with Gasteiger partial charge in [0.25, 0.3) is 0 Å². The summed E-state index contributed by atoms with van der Waals surface area (Å²) in [5.74, 6) is 1.29. The van der Waals surface area contributed by atoms with E-state index in [0.717, 1.165) is 0 Å². The Hall–Kier alpha value is -0.780. The van der Waals surface area contributed by atoms with Gasteiger partial charge in [0.05, 0.1) is 0 Å². The monoisotopic (exact) mass is 192 g/mol. The van der Waals surface area contributed by atoms with Crippen LogP contribution in [0.2, 0.25) is 0 Å². The maximum atomic E-state index is 2.24. The van der Waals surface area contributed by atoms with E-state index in [0.29, 0.717) is 11.8 Å². The van der Waals surface area contributed by atoms with E-state index >= 15 is 0 Å². The van der Waals surface area contributed by atoms with Gasteiger partial charge in [-0.15, -0.1) is 0 Å². The molecule has 0 N–H and O–H groups in total. The van der Waals surface area contributed by atoms with Crippen molar-refractivity contribution in [2.45, 2.75) is 53.4 Å². The summed E-state index contributed by atoms with van der Waals surface area (Å²) in [6.07, 6.45) is 0. The predicted molar refractivity (Wildman–Crippen MR) is 66.0 cm³/mol. The molecule has 0 heterocycles. The summed E-state index contributed by atoms with van der Waals surface area (Å²) in [6, 6.07) is 8.94. The van der Waals surface area contributed by atoms with Gasteiger partial charge in [0, 0.05) is 0 Å². The molecule has 0 unspecified atom stereocenters. The largest absolute Gasteiger partial charge is 0.0683 e. The molecule has 0 aliphatic carbocycles. The summed E-state index contributed by atoms with van der Waals surface area (Å²) in [6.45, 7) is 12.9. The first kappa shape index (κ1) is 13.2. The number of rotatable bonds is 2. The molecule has 0 nitrogen and oxygen atoms in total. The zero-order valence-corrected chi connectivity index (χ0v) is 10.5. The van der Waals surface area contributed by atoms with Gasteiger partial charge in [0.15, 0.2) is 0 Å². The molecule has 0 bridgehead atoms. The first-order valence-electron chi connectivity index (χ1n) is 5.71. The van der Waals surface area contributed by atoms with Crippen LogP contribution in [0.25, 0.3) is 0 Å². The molecule has 1 aromatic carbocycles. The van der Waals surface area contributed by atoms with Crippen LogP contribution in [0.1, 0.15) is 64.5 Å². The number of hydrogen-bond donors (Lipinski definition) is 0. The standard InChI is InChI=1S/C12H18.C2H6/c1-9(2)11-5-7-12(8-6-11)10(3)4;1-2/h5-10H,1-4H3;1-2H3. The fourth-order valence-electron chi connectivity index (χ4n) is 1.27. The highest BCUT2D eigenvalue weighted by Crippen LogP contribution is 2.18. The van der Waals surface area contributed by atoms with Crippen molar-refractivity contribution in [3.8, 4) is 0 Å². The van der Waals surface area contributed by atoms with Crippen LogP contribution in [0, 0.1) is 0 Å². The van der Waals surface area contributed by atoms with Crippen LogP contribution < -0.4 is 0 Å². The lowest BCUT2D eigenvalue weighted by Gasteiger charge is -2.08. The van der Waals surface area contributed by atoms with Crippen molar-refractivity contribution in [3.63, 3.8) is 0 Å². The summed E-state index contributed by atoms with van der Waals surface area (Å²) in [4.78, 5) is 0. The average molecular weight is 192 g/mol. The maximum Gasteiger partial charge on any atom is -0.0219 e. The predicted octanol–water partition coefficient (Wildman–Crippen LogP) is 4.96. The zero-order valence-electron chi connectivity index (χ0n) is 10.5. The molecule has 1 aromatic rings. The minimum absolute atomic E-state index is 0.645. The quantitative estimate of drug-likeness (QED) is 0.621. The molecule has 0 fully saturated rings. The maximum absolute atomic E-state index is 2.24. The van der Waals surface area contributed by atoms with E-state index in [-0.39, 0.29) is 0 Å². The summed E-state index contributed by atoms with van der Waals surface area (Å²) < 4.78 is 0. The molecular formula is C14H24. The van der Waals surface area contributed by atoms with Crippen molar-refractivity contribution >= 4 is 0 Å². The Morgan fingerprint density at radius 2 is 0.857 bits per heavy atom. The Morgan fingerprint density at radius 1 is 0.643 bits per heavy atom. The Morgan fingerprint density at radius 3 is 1.00 bits per heavy atom. The fourth-order valence-corrected chi connectivity index (χ4v) is 1.27. The lowest BCUT2D eigenvalue weighted by atomic mass is 9.97. The second-order valence-corrected chi connectivity index (χ2v) is 3.98. The van der Waals surface area contributed by atoms with Gasteiger partial charge < -0.3 is 0 Å². The van der Waals surface area contributed by atoms with E-state index in [4.69, 9.17) is 0 Å². The summed E-state index contributed by atoms with van der Waals surface area (Å²) in [7, 11) is 0. The van der Waals surface area contributed by atoms with Crippen LogP contribution in [0.5, 0.6) is 0 Å². The minimum atomic E-state index is 0.645. The third-order valence-electron chi connectivity index (χ3n) is 2.27. The van der Waals surface area contributed by atoms with Crippen LogP contribution >= 0.6 is 0 Å². The normalized spacial score (nSPS) is 10.0. The van der Waals surface area contributed by atoms with Gasteiger partial charge >= 0.3 is 0 Å². The van der Waals surface area contributed by atoms with Crippen LogP contribution in [0.4, 0.5) is 0 Å². The molecule has 0 saturated carbocycles. The molecular weight excluding hydrogens is 168 g/mol. The van der Waals surface area contributed by atoms with E-state index < -0.39 is 0 Å². The van der Waals surface area contributed by atoms with Gasteiger partial charge in [0.2, 0.25) is 0 Å². The summed E-state index contributed by atoms with van der Waals surface area (Å²) >= 11 is 0. The Balaban J connectivity index is 0.000000791. The van der Waals surface area contributed by atoms with E-state index in [2.05, 4.69) is 52.0 Å². The van der Waals surface area contributed by atoms with E-state index in [9.17, 15) is 0 Å². The highest BCUT2D eigenvalue weighted by atomic mass is 14.1. The van der Waals surface area contributed by atoms with Gasteiger partial charge in [-0.1, -0.05) is 65.8 Å². The van der Waals surface area contributed by atoms with Crippen LogP contribution in [0.3, 0.4) is 0 Å². The van der Waals surface area contributed by atoms with Crippen molar-refractivity contribution in [1.29, 1.82) is 0 Å². The molecule has 0 atom stereocenters. The van der Waals surface area contributed by atoms with Crippen molar-refractivity contribution in [1.82, 2.24) is 0 Å². The molecule has 0 radical (unpaired) electrons. The molecule has 0 saturated heterocycles. The van der Waals surface area contributed by atoms with Gasteiger partial charge in [0.1, 0.15) is 0 Å². The first-order valence-corrected chi connectivity index (χ1v) is 5.71. The van der Waals surface area contributed by atoms with Gasteiger partial charge in [-0.3, -0.25) is 0 Å². The lowest BCUT2D eigenvalue weighted by molar-refractivity contribution is 0.845. The fraction of sp³-hybridized carbons (Fsp3) is 0.571. The minimum Gasteiger partial charge on any atom is -0.0683 e. The molecule has 1 rings (SSSR count). The van der Waals surface area contributed by atoms with Gasteiger partial charge in [-0.05, 0) is 23.0 Å². The van der Waals surface area contributed by atoms with Crippen LogP contribution in [-0.4, -0.2) is 0 Å². The molecule has 0 aromatic heterocycles. The van der Waals surface area contributed by atoms with E-state index in [1.807, 2.05) is 13.8 Å². The first-order chi connectivity index (χ1) is 6.61. The smallest absolute Gasteiger partial charge is 0.0219 e. The molecule has 0 aliphatic rings. The summed E-state index contributed by atoms with van der Waals surface area (Å²) in [5, 5.41) is 0. The number of hydrogen-bond acceptors (Lipinski definition) is 0. The van der Waals surface area contributed by atoms with E-state index in [1.165, 1.54) is 11.1 Å². The van der Waals surface area contributed by atoms with Gasteiger partial charge in [-0.25, -0.2) is 0 Å². The van der Waals surface area contributed by atoms with Crippen molar-refractivity contribution in [2.75, 3.05) is 0 Å². The van der Waals surface area contributed by atoms with E-state index in [1.54, 1.807) is 0 Å². The Bertz CT molecular complexity index is 202. The molecule has 0 spiro atoms. The Labute approximate surface area is 89.4 Å². The third kappa shape index (κ3) is 3.95. The van der Waals surface area contributed by atoms with Crippen LogP contribution in [-0.2, 0) is 0 Å². The molecule has 0 amide bonds. The molecule has 0 aliphatic heterocycles. The topological polar surface area (TPSA) is 0 Å². The molecule has 80 valence electrons. The SMILES string of the molecule is CC.CC(C)c1ccc(C(C)C)cc1. The van der Waals surface area contributed by atoms with Crippen LogP contribution in [0.15, 0.2) is 24.3 Å². The number of benzene rings is 1. The third-order valence-corrected chi connectivity index (χ3v) is 2.27. The Kier molecular flexibility index (Phi) is 6.27. The molecule has 14 heavy (non-hydrogen) atoms. The van der Waals surface area contributed by atoms with Crippen molar-refractivity contribution in [3.05, 3.63) is 35.4 Å². The second-order valence-electron chi connectivity index (χ2n) is 3.98. The highest BCUT2D eigenvalue weighted by Gasteiger charge is 2.00. The lowest BCUT2D eigenvalue weighted by Crippen LogP contribution is -1.90. The second kappa shape index (κ2) is 6.64.